The van der Waals surface area contributed by atoms with Crippen LogP contribution in [0, 0.1) is 14.9 Å². The van der Waals surface area contributed by atoms with Gasteiger partial charge in [0.05, 0.1) is 14.8 Å². The third-order valence-electron chi connectivity index (χ3n) is 3.60. The van der Waals surface area contributed by atoms with Crippen molar-refractivity contribution in [3.05, 3.63) is 62.6 Å². The van der Waals surface area contributed by atoms with Crippen molar-refractivity contribution in [3.63, 3.8) is 0 Å². The number of ketones is 1. The average Bonchev–Trinajstić information content (AvgIpc) is 2.95. The van der Waals surface area contributed by atoms with Gasteiger partial charge in [0, 0.05) is 11.8 Å². The van der Waals surface area contributed by atoms with E-state index in [0.29, 0.717) is 32.6 Å². The summed E-state index contributed by atoms with van der Waals surface area (Å²) in [6.07, 6.45) is 2.42. The van der Waals surface area contributed by atoms with Gasteiger partial charge >= 0.3 is 0 Å². The molecule has 0 aliphatic rings. The highest BCUT2D eigenvalue weighted by molar-refractivity contribution is 14.1. The average molecular weight is 417 g/mol. The molecule has 1 N–H and O–H groups in total. The monoisotopic (exact) mass is 417 g/mol. The van der Waals surface area contributed by atoms with Crippen molar-refractivity contribution in [3.8, 4) is 11.8 Å². The van der Waals surface area contributed by atoms with Crippen LogP contribution in [-0.4, -0.2) is 20.3 Å². The van der Waals surface area contributed by atoms with Crippen LogP contribution < -0.4 is 0 Å². The van der Waals surface area contributed by atoms with Crippen LogP contribution in [0.4, 0.5) is 0 Å². The Hall–Kier alpha value is -2.40. The van der Waals surface area contributed by atoms with Gasteiger partial charge in [-0.2, -0.15) is 5.26 Å². The van der Waals surface area contributed by atoms with Crippen LogP contribution in [0.25, 0.3) is 5.65 Å². The van der Waals surface area contributed by atoms with E-state index in [4.69, 9.17) is 5.26 Å². The van der Waals surface area contributed by atoms with Crippen LogP contribution in [0.2, 0.25) is 0 Å². The van der Waals surface area contributed by atoms with Crippen LogP contribution in [-0.2, 0) is 6.42 Å². The highest BCUT2D eigenvalue weighted by atomic mass is 127. The number of aromatic nitrogens is 2. The number of phenolic OH excluding ortho intramolecular Hbond substituents is 1. The van der Waals surface area contributed by atoms with Gasteiger partial charge in [0.25, 0.3) is 0 Å². The first-order chi connectivity index (χ1) is 11.1. The molecule has 0 atom stereocenters. The van der Waals surface area contributed by atoms with Crippen molar-refractivity contribution < 1.29 is 9.90 Å². The maximum atomic E-state index is 13.0. The summed E-state index contributed by atoms with van der Waals surface area (Å²) in [6.45, 7) is 1.94. The summed E-state index contributed by atoms with van der Waals surface area (Å²) in [7, 11) is 0. The van der Waals surface area contributed by atoms with Crippen molar-refractivity contribution in [1.82, 2.24) is 9.38 Å². The standard InChI is InChI=1S/C17H12IN3O2/c1-2-13-15(21-6-4-3-5-14(21)20-13)17(23)10-7-11(9-19)16(22)12(18)8-10/h3-8,22H,2H2,1H3. The number of fused-ring (bicyclic) bond motifs is 1. The van der Waals surface area contributed by atoms with E-state index in [1.165, 1.54) is 6.07 Å². The second kappa shape index (κ2) is 6.01. The molecule has 6 heteroatoms. The molecule has 0 radical (unpaired) electrons. The molecule has 114 valence electrons. The first kappa shape index (κ1) is 15.5. The van der Waals surface area contributed by atoms with E-state index >= 15 is 0 Å². The van der Waals surface area contributed by atoms with Crippen LogP contribution >= 0.6 is 22.6 Å². The summed E-state index contributed by atoms with van der Waals surface area (Å²) >= 11 is 1.91. The van der Waals surface area contributed by atoms with Gasteiger partial charge in [0.1, 0.15) is 23.2 Å². The Morgan fingerprint density at radius 1 is 1.43 bits per heavy atom. The van der Waals surface area contributed by atoms with Gasteiger partial charge < -0.3 is 5.11 Å². The molecule has 2 aromatic heterocycles. The maximum Gasteiger partial charge on any atom is 0.211 e. The molecule has 0 spiro atoms. The van der Waals surface area contributed by atoms with Crippen molar-refractivity contribution in [1.29, 1.82) is 5.26 Å². The van der Waals surface area contributed by atoms with Gasteiger partial charge in [-0.25, -0.2) is 4.98 Å². The van der Waals surface area contributed by atoms with Crippen molar-refractivity contribution >= 4 is 34.0 Å². The summed E-state index contributed by atoms with van der Waals surface area (Å²) in [4.78, 5) is 17.5. The number of aromatic hydroxyl groups is 1. The number of rotatable bonds is 3. The van der Waals surface area contributed by atoms with Gasteiger partial charge in [-0.3, -0.25) is 9.20 Å². The lowest BCUT2D eigenvalue weighted by molar-refractivity contribution is 0.103. The summed E-state index contributed by atoms with van der Waals surface area (Å²) in [5, 5.41) is 19.0. The van der Waals surface area contributed by atoms with Gasteiger partial charge in [0.2, 0.25) is 5.78 Å². The zero-order chi connectivity index (χ0) is 16.6. The molecule has 3 rings (SSSR count). The minimum absolute atomic E-state index is 0.0899. The predicted octanol–water partition coefficient (Wildman–Crippen LogP) is 3.31. The molecule has 0 amide bonds. The van der Waals surface area contributed by atoms with E-state index in [0.717, 1.165) is 0 Å². The third-order valence-corrected chi connectivity index (χ3v) is 4.42. The first-order valence-electron chi connectivity index (χ1n) is 7.00. The number of nitrogens with zero attached hydrogens (tertiary/aromatic N) is 3. The molecule has 5 nitrogen and oxygen atoms in total. The molecule has 0 aliphatic carbocycles. The lowest BCUT2D eigenvalue weighted by Crippen LogP contribution is -2.09. The minimum Gasteiger partial charge on any atom is -0.505 e. The Morgan fingerprint density at radius 3 is 2.91 bits per heavy atom. The lowest BCUT2D eigenvalue weighted by Gasteiger charge is -2.06. The molecular weight excluding hydrogens is 405 g/mol. The highest BCUT2D eigenvalue weighted by Crippen LogP contribution is 2.27. The molecule has 23 heavy (non-hydrogen) atoms. The molecule has 0 bridgehead atoms. The van der Waals surface area contributed by atoms with Crippen molar-refractivity contribution in [2.75, 3.05) is 0 Å². The topological polar surface area (TPSA) is 78.4 Å². The van der Waals surface area contributed by atoms with E-state index in [9.17, 15) is 9.90 Å². The van der Waals surface area contributed by atoms with Crippen molar-refractivity contribution in [2.24, 2.45) is 0 Å². The Labute approximate surface area is 146 Å². The number of hydrogen-bond acceptors (Lipinski definition) is 4. The number of aryl methyl sites for hydroxylation is 1. The van der Waals surface area contributed by atoms with Gasteiger partial charge in [-0.15, -0.1) is 0 Å². The van der Waals surface area contributed by atoms with Crippen LogP contribution in [0.15, 0.2) is 36.5 Å². The molecule has 0 saturated carbocycles. The van der Waals surface area contributed by atoms with Gasteiger partial charge in [0.15, 0.2) is 0 Å². The number of carbonyl (C=O) groups is 1. The fourth-order valence-electron chi connectivity index (χ4n) is 2.48. The second-order valence-electron chi connectivity index (χ2n) is 4.98. The summed E-state index contributed by atoms with van der Waals surface area (Å²) < 4.78 is 2.23. The first-order valence-corrected chi connectivity index (χ1v) is 8.08. The number of nitriles is 1. The van der Waals surface area contributed by atoms with E-state index in [1.54, 1.807) is 16.7 Å². The van der Waals surface area contributed by atoms with Gasteiger partial charge in [-0.1, -0.05) is 13.0 Å². The SMILES string of the molecule is CCc1nc2ccccn2c1C(=O)c1cc(I)c(O)c(C#N)c1. The van der Waals surface area contributed by atoms with E-state index < -0.39 is 0 Å². The Bertz CT molecular complexity index is 970. The normalized spacial score (nSPS) is 10.7. The van der Waals surface area contributed by atoms with Gasteiger partial charge in [-0.05, 0) is 53.3 Å². The number of pyridine rings is 1. The zero-order valence-corrected chi connectivity index (χ0v) is 14.4. The fraction of sp³-hybridized carbons (Fsp3) is 0.118. The smallest absolute Gasteiger partial charge is 0.211 e. The van der Waals surface area contributed by atoms with Crippen LogP contribution in [0.3, 0.4) is 0 Å². The molecule has 3 aromatic rings. The molecular formula is C17H12IN3O2. The zero-order valence-electron chi connectivity index (χ0n) is 12.2. The summed E-state index contributed by atoms with van der Waals surface area (Å²) in [5.41, 5.74) is 2.37. The summed E-state index contributed by atoms with van der Waals surface area (Å²) in [6, 6.07) is 10.5. The molecule has 0 aliphatic heterocycles. The van der Waals surface area contributed by atoms with E-state index in [-0.39, 0.29) is 17.1 Å². The molecule has 0 unspecified atom stereocenters. The highest BCUT2D eigenvalue weighted by Gasteiger charge is 2.21. The van der Waals surface area contributed by atoms with Crippen LogP contribution in [0.5, 0.6) is 5.75 Å². The summed E-state index contributed by atoms with van der Waals surface area (Å²) in [5.74, 6) is -0.312. The van der Waals surface area contributed by atoms with Crippen LogP contribution in [0.1, 0.15) is 34.2 Å². The van der Waals surface area contributed by atoms with E-state index in [1.807, 2.05) is 53.8 Å². The molecule has 1 aromatic carbocycles. The number of benzene rings is 1. The Balaban J connectivity index is 2.22. The third kappa shape index (κ3) is 2.57. The number of halogens is 1. The number of carbonyl (C=O) groups excluding carboxylic acids is 1. The molecule has 0 fully saturated rings. The largest absolute Gasteiger partial charge is 0.505 e. The predicted molar refractivity (Wildman–Crippen MR) is 93.5 cm³/mol. The number of phenols is 1. The lowest BCUT2D eigenvalue weighted by atomic mass is 10.0. The fourth-order valence-corrected chi connectivity index (χ4v) is 3.11. The maximum absolute atomic E-state index is 13.0. The number of imidazole rings is 1. The quantitative estimate of drug-likeness (QED) is 0.524. The second-order valence-corrected chi connectivity index (χ2v) is 6.15. The Kier molecular flexibility index (Phi) is 4.05. The van der Waals surface area contributed by atoms with E-state index in [2.05, 4.69) is 4.98 Å². The molecule has 2 heterocycles. The number of hydrogen-bond donors (Lipinski definition) is 1. The van der Waals surface area contributed by atoms with Crippen molar-refractivity contribution in [2.45, 2.75) is 13.3 Å². The minimum atomic E-state index is -0.213. The molecule has 0 saturated heterocycles. The Morgan fingerprint density at radius 2 is 2.22 bits per heavy atom.